The van der Waals surface area contributed by atoms with Crippen molar-refractivity contribution in [2.45, 2.75) is 19.4 Å². The fourth-order valence-electron chi connectivity index (χ4n) is 3.12. The van der Waals surface area contributed by atoms with Gasteiger partial charge in [-0.25, -0.2) is 4.39 Å². The van der Waals surface area contributed by atoms with Crippen LogP contribution in [0.15, 0.2) is 83.3 Å². The predicted octanol–water partition coefficient (Wildman–Crippen LogP) is 5.64. The summed E-state index contributed by atoms with van der Waals surface area (Å²) in [6.45, 7) is 2.10. The van der Waals surface area contributed by atoms with Crippen LogP contribution < -0.4 is 5.32 Å². The standard InChI is InChI=1S/C23H20FN3O/c1-2-16-8-6-7-11-20(16)25-21(17-12-14-19(24)15-13-17)23-27-26-22(28-23)18-9-4-3-5-10-18/h3-15,21,25H,2H2,1H3/t21-/m0/s1. The molecule has 1 atom stereocenters. The maximum atomic E-state index is 13.5. The number of rotatable bonds is 6. The molecule has 28 heavy (non-hydrogen) atoms. The quantitative estimate of drug-likeness (QED) is 0.475. The number of nitrogens with zero attached hydrogens (tertiary/aromatic N) is 2. The first-order valence-electron chi connectivity index (χ1n) is 9.23. The van der Waals surface area contributed by atoms with Crippen molar-refractivity contribution in [2.75, 3.05) is 5.32 Å². The summed E-state index contributed by atoms with van der Waals surface area (Å²) in [6, 6.07) is 23.6. The van der Waals surface area contributed by atoms with Crippen LogP contribution in [-0.4, -0.2) is 10.2 Å². The number of hydrogen-bond donors (Lipinski definition) is 1. The minimum Gasteiger partial charge on any atom is -0.418 e. The Morgan fingerprint density at radius 2 is 1.61 bits per heavy atom. The van der Waals surface area contributed by atoms with Gasteiger partial charge in [-0.05, 0) is 47.9 Å². The first kappa shape index (κ1) is 17.9. The van der Waals surface area contributed by atoms with Crippen molar-refractivity contribution in [1.82, 2.24) is 10.2 Å². The summed E-state index contributed by atoms with van der Waals surface area (Å²) in [5.74, 6) is 0.594. The lowest BCUT2D eigenvalue weighted by Gasteiger charge is -2.19. The Morgan fingerprint density at radius 1 is 0.893 bits per heavy atom. The molecule has 0 aliphatic heterocycles. The molecule has 0 radical (unpaired) electrons. The van der Waals surface area contributed by atoms with E-state index < -0.39 is 6.04 Å². The second-order valence-corrected chi connectivity index (χ2v) is 6.45. The molecule has 0 saturated carbocycles. The van der Waals surface area contributed by atoms with Gasteiger partial charge in [-0.3, -0.25) is 0 Å². The SMILES string of the molecule is CCc1ccccc1N[C@@H](c1ccc(F)cc1)c1nnc(-c2ccccc2)o1. The Labute approximate surface area is 163 Å². The van der Waals surface area contributed by atoms with Gasteiger partial charge in [-0.2, -0.15) is 0 Å². The average molecular weight is 373 g/mol. The zero-order chi connectivity index (χ0) is 19.3. The molecule has 3 aromatic carbocycles. The molecule has 4 aromatic rings. The third-order valence-corrected chi connectivity index (χ3v) is 4.61. The van der Waals surface area contributed by atoms with Crippen molar-refractivity contribution in [3.63, 3.8) is 0 Å². The Kier molecular flexibility index (Phi) is 5.15. The first-order chi connectivity index (χ1) is 13.7. The van der Waals surface area contributed by atoms with Gasteiger partial charge in [0, 0.05) is 11.3 Å². The number of benzene rings is 3. The highest BCUT2D eigenvalue weighted by molar-refractivity contribution is 5.55. The van der Waals surface area contributed by atoms with Crippen LogP contribution in [0, 0.1) is 5.82 Å². The van der Waals surface area contributed by atoms with E-state index in [1.807, 2.05) is 48.5 Å². The number of anilines is 1. The Morgan fingerprint density at radius 3 is 2.36 bits per heavy atom. The molecule has 140 valence electrons. The van der Waals surface area contributed by atoms with Crippen molar-refractivity contribution in [1.29, 1.82) is 0 Å². The van der Waals surface area contributed by atoms with Crippen molar-refractivity contribution < 1.29 is 8.81 Å². The van der Waals surface area contributed by atoms with E-state index in [0.29, 0.717) is 11.8 Å². The van der Waals surface area contributed by atoms with Crippen LogP contribution >= 0.6 is 0 Å². The van der Waals surface area contributed by atoms with Crippen LogP contribution in [0.3, 0.4) is 0 Å². The van der Waals surface area contributed by atoms with Gasteiger partial charge in [0.1, 0.15) is 11.9 Å². The van der Waals surface area contributed by atoms with Crippen molar-refractivity contribution in [3.8, 4) is 11.5 Å². The minimum atomic E-state index is -0.390. The number of aromatic nitrogens is 2. The molecular weight excluding hydrogens is 353 g/mol. The highest BCUT2D eigenvalue weighted by atomic mass is 19.1. The Balaban J connectivity index is 1.73. The van der Waals surface area contributed by atoms with Crippen molar-refractivity contribution in [3.05, 3.63) is 102 Å². The smallest absolute Gasteiger partial charge is 0.247 e. The molecule has 0 spiro atoms. The molecule has 4 rings (SSSR count). The number of para-hydroxylation sites is 1. The van der Waals surface area contributed by atoms with Gasteiger partial charge >= 0.3 is 0 Å². The van der Waals surface area contributed by atoms with Gasteiger partial charge in [-0.1, -0.05) is 55.5 Å². The van der Waals surface area contributed by atoms with E-state index in [-0.39, 0.29) is 5.82 Å². The summed E-state index contributed by atoms with van der Waals surface area (Å²) in [7, 11) is 0. The van der Waals surface area contributed by atoms with Crippen LogP contribution in [0.4, 0.5) is 10.1 Å². The summed E-state index contributed by atoms with van der Waals surface area (Å²) in [4.78, 5) is 0. The second kappa shape index (κ2) is 8.05. The highest BCUT2D eigenvalue weighted by Gasteiger charge is 2.22. The summed E-state index contributed by atoms with van der Waals surface area (Å²) < 4.78 is 19.4. The molecule has 1 N–H and O–H groups in total. The Bertz CT molecular complexity index is 1040. The summed E-state index contributed by atoms with van der Waals surface area (Å²) in [5.41, 5.74) is 3.86. The zero-order valence-electron chi connectivity index (χ0n) is 15.5. The van der Waals surface area contributed by atoms with Gasteiger partial charge in [0.25, 0.3) is 0 Å². The van der Waals surface area contributed by atoms with Crippen LogP contribution in [0.2, 0.25) is 0 Å². The van der Waals surface area contributed by atoms with Gasteiger partial charge in [-0.15, -0.1) is 10.2 Å². The van der Waals surface area contributed by atoms with E-state index in [9.17, 15) is 4.39 Å². The topological polar surface area (TPSA) is 51.0 Å². The Hall–Kier alpha value is -3.47. The fraction of sp³-hybridized carbons (Fsp3) is 0.130. The number of aryl methyl sites for hydroxylation is 1. The van der Waals surface area contributed by atoms with E-state index in [2.05, 4.69) is 28.5 Å². The molecule has 1 heterocycles. The third-order valence-electron chi connectivity index (χ3n) is 4.61. The molecule has 1 aromatic heterocycles. The van der Waals surface area contributed by atoms with Crippen LogP contribution in [0.5, 0.6) is 0 Å². The molecule has 0 saturated heterocycles. The average Bonchev–Trinajstić information content (AvgIpc) is 3.24. The lowest BCUT2D eigenvalue weighted by atomic mass is 10.0. The summed E-state index contributed by atoms with van der Waals surface area (Å²) in [5, 5.41) is 12.0. The molecule has 0 fully saturated rings. The maximum absolute atomic E-state index is 13.5. The lowest BCUT2D eigenvalue weighted by Crippen LogP contribution is -2.14. The van der Waals surface area contributed by atoms with Gasteiger partial charge in [0.05, 0.1) is 0 Å². The van der Waals surface area contributed by atoms with E-state index in [1.165, 1.54) is 17.7 Å². The summed E-state index contributed by atoms with van der Waals surface area (Å²) in [6.07, 6.45) is 0.887. The highest BCUT2D eigenvalue weighted by Crippen LogP contribution is 2.30. The van der Waals surface area contributed by atoms with Gasteiger partial charge in [0.2, 0.25) is 11.8 Å². The zero-order valence-corrected chi connectivity index (χ0v) is 15.5. The molecule has 0 bridgehead atoms. The minimum absolute atomic E-state index is 0.285. The summed E-state index contributed by atoms with van der Waals surface area (Å²) >= 11 is 0. The fourth-order valence-corrected chi connectivity index (χ4v) is 3.12. The molecule has 4 nitrogen and oxygen atoms in total. The van der Waals surface area contributed by atoms with E-state index >= 15 is 0 Å². The molecule has 0 aliphatic carbocycles. The molecule has 0 amide bonds. The number of hydrogen-bond acceptors (Lipinski definition) is 4. The number of nitrogens with one attached hydrogen (secondary N) is 1. The maximum Gasteiger partial charge on any atom is 0.247 e. The lowest BCUT2D eigenvalue weighted by molar-refractivity contribution is 0.493. The predicted molar refractivity (Wildman–Crippen MR) is 107 cm³/mol. The van der Waals surface area contributed by atoms with Crippen molar-refractivity contribution in [2.24, 2.45) is 0 Å². The number of halogens is 1. The van der Waals surface area contributed by atoms with E-state index in [0.717, 1.165) is 23.2 Å². The molecule has 5 heteroatoms. The van der Waals surface area contributed by atoms with Crippen LogP contribution in [0.1, 0.15) is 30.0 Å². The largest absolute Gasteiger partial charge is 0.418 e. The van der Waals surface area contributed by atoms with Crippen molar-refractivity contribution >= 4 is 5.69 Å². The van der Waals surface area contributed by atoms with Gasteiger partial charge in [0.15, 0.2) is 0 Å². The van der Waals surface area contributed by atoms with Crippen LogP contribution in [-0.2, 0) is 6.42 Å². The molecule has 0 aliphatic rings. The van der Waals surface area contributed by atoms with Crippen LogP contribution in [0.25, 0.3) is 11.5 Å². The molecular formula is C23H20FN3O. The third kappa shape index (κ3) is 3.78. The monoisotopic (exact) mass is 373 g/mol. The normalized spacial score (nSPS) is 11.9. The van der Waals surface area contributed by atoms with E-state index in [4.69, 9.17) is 4.42 Å². The second-order valence-electron chi connectivity index (χ2n) is 6.45. The van der Waals surface area contributed by atoms with Gasteiger partial charge < -0.3 is 9.73 Å². The first-order valence-corrected chi connectivity index (χ1v) is 9.23. The van der Waals surface area contributed by atoms with E-state index in [1.54, 1.807) is 12.1 Å². The molecule has 0 unspecified atom stereocenters.